The number of benzene rings is 3. The average molecular weight is 288 g/mol. The van der Waals surface area contributed by atoms with Crippen molar-refractivity contribution in [2.24, 2.45) is 0 Å². The highest BCUT2D eigenvalue weighted by Gasteiger charge is 2.05. The highest BCUT2D eigenvalue weighted by Crippen LogP contribution is 2.26. The minimum Gasteiger partial charge on any atom is -0.485 e. The van der Waals surface area contributed by atoms with E-state index in [1.165, 1.54) is 10.9 Å². The van der Waals surface area contributed by atoms with E-state index < -0.39 is 0 Å². The van der Waals surface area contributed by atoms with Gasteiger partial charge in [-0.05, 0) is 36.1 Å². The zero-order valence-electron chi connectivity index (χ0n) is 12.3. The van der Waals surface area contributed by atoms with Gasteiger partial charge in [-0.3, -0.25) is 0 Å². The maximum atomic E-state index is 5.97. The molecule has 0 fully saturated rings. The molecule has 3 aromatic carbocycles. The average Bonchev–Trinajstić information content (AvgIpc) is 2.95. The van der Waals surface area contributed by atoms with Gasteiger partial charge in [0.2, 0.25) is 0 Å². The number of imidazole rings is 1. The zero-order valence-corrected chi connectivity index (χ0v) is 12.3. The summed E-state index contributed by atoms with van der Waals surface area (Å²) < 4.78 is 5.97. The molecule has 0 spiro atoms. The maximum absolute atomic E-state index is 5.97. The molecule has 0 saturated carbocycles. The Hall–Kier alpha value is -2.81. The topological polar surface area (TPSA) is 37.9 Å². The Balaban J connectivity index is 1.62. The molecule has 1 N–H and O–H groups in total. The second-order valence-electron chi connectivity index (χ2n) is 5.47. The fraction of sp³-hybridized carbons (Fsp3) is 0.105. The van der Waals surface area contributed by atoms with Gasteiger partial charge in [-0.2, -0.15) is 0 Å². The Morgan fingerprint density at radius 2 is 1.86 bits per heavy atom. The Morgan fingerprint density at radius 3 is 2.82 bits per heavy atom. The third-order valence-electron chi connectivity index (χ3n) is 3.80. The lowest BCUT2D eigenvalue weighted by Gasteiger charge is -2.07. The van der Waals surface area contributed by atoms with Crippen molar-refractivity contribution in [1.82, 2.24) is 9.97 Å². The largest absolute Gasteiger partial charge is 0.485 e. The number of aromatic nitrogens is 2. The second-order valence-corrected chi connectivity index (χ2v) is 5.47. The molecule has 0 atom stereocenters. The third-order valence-corrected chi connectivity index (χ3v) is 3.80. The van der Waals surface area contributed by atoms with Crippen LogP contribution in [0.3, 0.4) is 0 Å². The van der Waals surface area contributed by atoms with E-state index in [1.54, 1.807) is 0 Å². The van der Waals surface area contributed by atoms with E-state index >= 15 is 0 Å². The molecule has 4 aromatic rings. The van der Waals surface area contributed by atoms with Crippen LogP contribution in [0.2, 0.25) is 0 Å². The van der Waals surface area contributed by atoms with Crippen molar-refractivity contribution in [3.05, 3.63) is 72.1 Å². The summed E-state index contributed by atoms with van der Waals surface area (Å²) >= 11 is 0. The summed E-state index contributed by atoms with van der Waals surface area (Å²) in [5, 5.41) is 2.30. The van der Waals surface area contributed by atoms with Crippen LogP contribution in [-0.4, -0.2) is 9.97 Å². The normalized spacial score (nSPS) is 11.1. The van der Waals surface area contributed by atoms with E-state index in [4.69, 9.17) is 4.74 Å². The molecule has 0 aliphatic heterocycles. The lowest BCUT2D eigenvalue weighted by molar-refractivity contribution is 0.301. The van der Waals surface area contributed by atoms with Crippen molar-refractivity contribution in [3.63, 3.8) is 0 Å². The van der Waals surface area contributed by atoms with Crippen LogP contribution in [0.5, 0.6) is 5.75 Å². The van der Waals surface area contributed by atoms with Crippen LogP contribution >= 0.6 is 0 Å². The first-order chi connectivity index (χ1) is 10.8. The first kappa shape index (κ1) is 12.9. The van der Waals surface area contributed by atoms with E-state index in [1.807, 2.05) is 30.3 Å². The van der Waals surface area contributed by atoms with Crippen LogP contribution in [0.4, 0.5) is 0 Å². The monoisotopic (exact) mass is 288 g/mol. The van der Waals surface area contributed by atoms with Crippen LogP contribution in [0, 0.1) is 6.92 Å². The number of hydrogen-bond donors (Lipinski definition) is 1. The fourth-order valence-corrected chi connectivity index (χ4v) is 2.71. The van der Waals surface area contributed by atoms with Gasteiger partial charge in [0, 0.05) is 5.39 Å². The number of H-pyrrole nitrogens is 1. The number of aryl methyl sites for hydroxylation is 1. The van der Waals surface area contributed by atoms with Crippen LogP contribution in [-0.2, 0) is 6.61 Å². The summed E-state index contributed by atoms with van der Waals surface area (Å²) in [5.74, 6) is 1.73. The number of nitrogens with one attached hydrogen (secondary N) is 1. The smallest absolute Gasteiger partial charge is 0.146 e. The molecule has 4 rings (SSSR count). The molecule has 108 valence electrons. The van der Waals surface area contributed by atoms with E-state index in [2.05, 4.69) is 47.2 Å². The number of hydrogen-bond acceptors (Lipinski definition) is 2. The molecule has 3 heteroatoms. The Morgan fingerprint density at radius 1 is 1.00 bits per heavy atom. The number of aromatic amines is 1. The predicted octanol–water partition coefficient (Wildman–Crippen LogP) is 4.60. The standard InChI is InChI=1S/C19H16N2O/c1-13-9-10-16-17(11-13)21-19(20-16)12-22-18-8-4-6-14-5-2-3-7-15(14)18/h2-11H,12H2,1H3,(H,20,21). The molecular formula is C19H16N2O. The first-order valence-electron chi connectivity index (χ1n) is 7.35. The summed E-state index contributed by atoms with van der Waals surface area (Å²) in [6, 6.07) is 20.5. The number of nitrogens with zero attached hydrogens (tertiary/aromatic N) is 1. The molecule has 0 unspecified atom stereocenters. The summed E-state index contributed by atoms with van der Waals surface area (Å²) in [4.78, 5) is 7.89. The van der Waals surface area contributed by atoms with Crippen LogP contribution < -0.4 is 4.74 Å². The third kappa shape index (κ3) is 2.31. The van der Waals surface area contributed by atoms with Gasteiger partial charge in [0.25, 0.3) is 0 Å². The van der Waals surface area contributed by atoms with Crippen molar-refractivity contribution < 1.29 is 4.74 Å². The number of fused-ring (bicyclic) bond motifs is 2. The molecule has 0 radical (unpaired) electrons. The van der Waals surface area contributed by atoms with Gasteiger partial charge in [0.15, 0.2) is 0 Å². The van der Waals surface area contributed by atoms with E-state index in [-0.39, 0.29) is 0 Å². The molecule has 1 heterocycles. The first-order valence-corrected chi connectivity index (χ1v) is 7.35. The maximum Gasteiger partial charge on any atom is 0.146 e. The van der Waals surface area contributed by atoms with Crippen molar-refractivity contribution in [3.8, 4) is 5.75 Å². The summed E-state index contributed by atoms with van der Waals surface area (Å²) in [6.45, 7) is 2.51. The highest BCUT2D eigenvalue weighted by molar-refractivity contribution is 5.88. The second kappa shape index (κ2) is 5.19. The quantitative estimate of drug-likeness (QED) is 0.598. The van der Waals surface area contributed by atoms with E-state index in [9.17, 15) is 0 Å². The minimum absolute atomic E-state index is 0.432. The molecule has 0 aliphatic carbocycles. The van der Waals surface area contributed by atoms with Crippen LogP contribution in [0.25, 0.3) is 21.8 Å². The van der Waals surface area contributed by atoms with E-state index in [0.717, 1.165) is 28.0 Å². The Labute approximate surface area is 128 Å². The van der Waals surface area contributed by atoms with Crippen molar-refractivity contribution in [2.75, 3.05) is 0 Å². The van der Waals surface area contributed by atoms with Gasteiger partial charge in [-0.25, -0.2) is 4.98 Å². The molecule has 0 amide bonds. The van der Waals surface area contributed by atoms with Crippen LogP contribution in [0.15, 0.2) is 60.7 Å². The van der Waals surface area contributed by atoms with E-state index in [0.29, 0.717) is 6.61 Å². The van der Waals surface area contributed by atoms with Gasteiger partial charge >= 0.3 is 0 Å². The van der Waals surface area contributed by atoms with Gasteiger partial charge in [0.05, 0.1) is 11.0 Å². The molecular weight excluding hydrogens is 272 g/mol. The lowest BCUT2D eigenvalue weighted by Crippen LogP contribution is -1.97. The Bertz CT molecular complexity index is 951. The predicted molar refractivity (Wildman–Crippen MR) is 89.1 cm³/mol. The molecule has 3 nitrogen and oxygen atoms in total. The SMILES string of the molecule is Cc1ccc2nc(COc3cccc4ccccc34)[nH]c2c1. The molecule has 1 aromatic heterocycles. The minimum atomic E-state index is 0.432. The van der Waals surface area contributed by atoms with Gasteiger partial charge in [0.1, 0.15) is 18.2 Å². The van der Waals surface area contributed by atoms with Gasteiger partial charge < -0.3 is 9.72 Å². The number of ether oxygens (including phenoxy) is 1. The van der Waals surface area contributed by atoms with Crippen molar-refractivity contribution in [2.45, 2.75) is 13.5 Å². The zero-order chi connectivity index (χ0) is 14.9. The summed E-state index contributed by atoms with van der Waals surface area (Å²) in [7, 11) is 0. The molecule has 0 aliphatic rings. The summed E-state index contributed by atoms with van der Waals surface area (Å²) in [6.07, 6.45) is 0. The molecule has 0 saturated heterocycles. The van der Waals surface area contributed by atoms with Crippen molar-refractivity contribution >= 4 is 21.8 Å². The Kier molecular flexibility index (Phi) is 3.04. The van der Waals surface area contributed by atoms with Crippen molar-refractivity contribution in [1.29, 1.82) is 0 Å². The highest BCUT2D eigenvalue weighted by atomic mass is 16.5. The fourth-order valence-electron chi connectivity index (χ4n) is 2.71. The molecule has 0 bridgehead atoms. The van der Waals surface area contributed by atoms with Gasteiger partial charge in [-0.1, -0.05) is 42.5 Å². The molecule has 22 heavy (non-hydrogen) atoms. The lowest BCUT2D eigenvalue weighted by atomic mass is 10.1. The van der Waals surface area contributed by atoms with Crippen LogP contribution in [0.1, 0.15) is 11.4 Å². The summed E-state index contributed by atoms with van der Waals surface area (Å²) in [5.41, 5.74) is 3.25. The van der Waals surface area contributed by atoms with Gasteiger partial charge in [-0.15, -0.1) is 0 Å². The number of rotatable bonds is 3.